The van der Waals surface area contributed by atoms with E-state index in [1.54, 1.807) is 0 Å². The van der Waals surface area contributed by atoms with Crippen molar-refractivity contribution in [2.45, 2.75) is 47.6 Å². The molecule has 0 aromatic heterocycles. The Morgan fingerprint density at radius 1 is 1.17 bits per heavy atom. The lowest BCUT2D eigenvalue weighted by Gasteiger charge is -2.28. The summed E-state index contributed by atoms with van der Waals surface area (Å²) in [5, 5.41) is 8.99. The zero-order chi connectivity index (χ0) is 7.98. The predicted molar refractivity (Wildman–Crippen MR) is 56.1 cm³/mol. The molecule has 0 aromatic rings. The summed E-state index contributed by atoms with van der Waals surface area (Å²) < 4.78 is 0. The first kappa shape index (κ1) is 17.9. The summed E-state index contributed by atoms with van der Waals surface area (Å²) in [4.78, 5) is 1.30. The van der Waals surface area contributed by atoms with Crippen LogP contribution in [0, 0.1) is 7.05 Å². The Kier molecular flexibility index (Phi) is 16.3. The van der Waals surface area contributed by atoms with E-state index in [9.17, 15) is 0 Å². The molecule has 0 aromatic carbocycles. The molecule has 0 amide bonds. The van der Waals surface area contributed by atoms with Crippen LogP contribution in [0.3, 0.4) is 0 Å². The number of nitrogens with one attached hydrogen (secondary N) is 1. The predicted octanol–water partition coefficient (Wildman–Crippen LogP) is 1.12. The fourth-order valence-electron chi connectivity index (χ4n) is 1.01. The molecule has 0 atom stereocenters. The van der Waals surface area contributed by atoms with Crippen LogP contribution in [0.5, 0.6) is 0 Å². The Balaban J connectivity index is -0.000000189. The summed E-state index contributed by atoms with van der Waals surface area (Å²) in [6.07, 6.45) is 1.82. The molecule has 0 unspecified atom stereocenters. The number of aliphatic hydroxyl groups excluding tert-OH is 1. The summed E-state index contributed by atoms with van der Waals surface area (Å²) in [5.41, 5.74) is 0. The van der Waals surface area contributed by atoms with Gasteiger partial charge in [0.15, 0.2) is 0 Å². The third-order valence-corrected chi connectivity index (χ3v) is 1.66. The molecule has 78 valence electrons. The van der Waals surface area contributed by atoms with Crippen molar-refractivity contribution < 1.29 is 10.0 Å². The van der Waals surface area contributed by atoms with Gasteiger partial charge in [0.1, 0.15) is 0 Å². The number of aliphatic hydroxyl groups is 1. The summed E-state index contributed by atoms with van der Waals surface area (Å²) >= 11 is 0. The Bertz CT molecular complexity index is 58.2. The maximum absolute atomic E-state index is 8.99. The van der Waals surface area contributed by atoms with E-state index < -0.39 is 0 Å². The molecule has 2 N–H and O–H groups in total. The highest BCUT2D eigenvalue weighted by molar-refractivity contribution is 4.57. The van der Waals surface area contributed by atoms with E-state index in [-0.39, 0.29) is 21.0 Å². The molecule has 0 aliphatic carbocycles. The van der Waals surface area contributed by atoms with Crippen molar-refractivity contribution in [2.24, 2.45) is 0 Å². The summed E-state index contributed by atoms with van der Waals surface area (Å²) in [6.45, 7) is 6.06. The van der Waals surface area contributed by atoms with Gasteiger partial charge in [-0.05, 0) is 0 Å². The molecule has 0 radical (unpaired) electrons. The molecule has 1 rings (SSSR count). The van der Waals surface area contributed by atoms with Crippen molar-refractivity contribution in [1.82, 2.24) is 0 Å². The average molecular weight is 177 g/mol. The van der Waals surface area contributed by atoms with Crippen LogP contribution in [0.15, 0.2) is 0 Å². The minimum atomic E-state index is -0.0412. The van der Waals surface area contributed by atoms with Crippen LogP contribution >= 0.6 is 0 Å². The Labute approximate surface area is 78.6 Å². The van der Waals surface area contributed by atoms with Crippen LogP contribution in [-0.2, 0) is 0 Å². The monoisotopic (exact) mass is 177 g/mol. The van der Waals surface area contributed by atoms with Crippen LogP contribution in [-0.4, -0.2) is 24.3 Å². The number of likely N-dealkylation sites (tertiary alicyclic amines) is 1. The number of hydrogen-bond acceptors (Lipinski definition) is 1. The zero-order valence-corrected chi connectivity index (χ0v) is 7.06. The third-order valence-electron chi connectivity index (χ3n) is 1.66. The second-order valence-corrected chi connectivity index (χ2v) is 2.48. The second-order valence-electron chi connectivity index (χ2n) is 2.48. The number of hydrogen-bond donors (Lipinski definition) is 2. The summed E-state index contributed by atoms with van der Waals surface area (Å²) in [7, 11) is 3.84. The molecule has 1 aliphatic rings. The molecule has 1 saturated heterocycles. The SMILES string of the molecule is C.C.CC.[CH2-][NH+]1CCC(O)CC1. The van der Waals surface area contributed by atoms with Crippen LogP contribution in [0.1, 0.15) is 41.5 Å². The number of piperidine rings is 1. The molecule has 0 bridgehead atoms. The fraction of sp³-hybridized carbons (Fsp3) is 0.900. The highest BCUT2D eigenvalue weighted by Gasteiger charge is 2.12. The van der Waals surface area contributed by atoms with Gasteiger partial charge in [0.2, 0.25) is 0 Å². The molecule has 0 spiro atoms. The fourth-order valence-corrected chi connectivity index (χ4v) is 1.01. The maximum atomic E-state index is 8.99. The van der Waals surface area contributed by atoms with E-state index in [1.807, 2.05) is 13.8 Å². The minimum absolute atomic E-state index is 0. The van der Waals surface area contributed by atoms with Gasteiger partial charge in [0, 0.05) is 12.8 Å². The highest BCUT2D eigenvalue weighted by Crippen LogP contribution is 1.96. The summed E-state index contributed by atoms with van der Waals surface area (Å²) in [6, 6.07) is 0. The van der Waals surface area contributed by atoms with E-state index in [4.69, 9.17) is 5.11 Å². The summed E-state index contributed by atoms with van der Waals surface area (Å²) in [5.74, 6) is 0. The van der Waals surface area contributed by atoms with Gasteiger partial charge in [-0.3, -0.25) is 0 Å². The van der Waals surface area contributed by atoms with Crippen LogP contribution in [0.4, 0.5) is 0 Å². The van der Waals surface area contributed by atoms with Gasteiger partial charge >= 0.3 is 0 Å². The Hall–Kier alpha value is -0.0800. The number of rotatable bonds is 0. The molecule has 0 saturated carbocycles. The van der Waals surface area contributed by atoms with Crippen molar-refractivity contribution in [1.29, 1.82) is 0 Å². The second kappa shape index (κ2) is 10.9. The lowest BCUT2D eigenvalue weighted by atomic mass is 10.1. The van der Waals surface area contributed by atoms with Gasteiger partial charge in [0.25, 0.3) is 0 Å². The van der Waals surface area contributed by atoms with Crippen molar-refractivity contribution in [3.8, 4) is 0 Å². The van der Waals surface area contributed by atoms with E-state index in [2.05, 4.69) is 7.05 Å². The van der Waals surface area contributed by atoms with Crippen molar-refractivity contribution >= 4 is 0 Å². The maximum Gasteiger partial charge on any atom is 0.0645 e. The largest absolute Gasteiger partial charge is 0.468 e. The van der Waals surface area contributed by atoms with Gasteiger partial charge in [-0.1, -0.05) is 28.7 Å². The lowest BCUT2D eigenvalue weighted by molar-refractivity contribution is -0.860. The van der Waals surface area contributed by atoms with E-state index in [1.165, 1.54) is 4.90 Å². The zero-order valence-electron chi connectivity index (χ0n) is 7.06. The van der Waals surface area contributed by atoms with Crippen molar-refractivity contribution in [3.63, 3.8) is 0 Å². The molecular weight excluding hydrogens is 150 g/mol. The minimum Gasteiger partial charge on any atom is -0.468 e. The van der Waals surface area contributed by atoms with Crippen LogP contribution < -0.4 is 4.90 Å². The van der Waals surface area contributed by atoms with Gasteiger partial charge in [-0.15, -0.1) is 0 Å². The van der Waals surface area contributed by atoms with E-state index in [0.717, 1.165) is 25.9 Å². The molecule has 1 aliphatic heterocycles. The smallest absolute Gasteiger partial charge is 0.0645 e. The first-order valence-electron chi connectivity index (χ1n) is 4.14. The van der Waals surface area contributed by atoms with Gasteiger partial charge < -0.3 is 10.0 Å². The van der Waals surface area contributed by atoms with E-state index >= 15 is 0 Å². The molecule has 1 fully saturated rings. The standard InChI is InChI=1S/C6H13NO.C2H6.2CH4/c1-7-4-2-6(8)3-5-7;1-2;;/h6-8H,1-5H2;1-2H3;2*1H4. The molecule has 1 heterocycles. The Morgan fingerprint density at radius 3 is 1.75 bits per heavy atom. The Morgan fingerprint density at radius 2 is 1.50 bits per heavy atom. The average Bonchev–Trinajstić information content (AvgIpc) is 2.00. The first-order valence-corrected chi connectivity index (χ1v) is 4.14. The number of quaternary nitrogens is 1. The van der Waals surface area contributed by atoms with Crippen LogP contribution in [0.2, 0.25) is 0 Å². The first-order chi connectivity index (χ1) is 4.79. The molecular formula is C10H27NO. The van der Waals surface area contributed by atoms with Crippen LogP contribution in [0.25, 0.3) is 0 Å². The van der Waals surface area contributed by atoms with Crippen molar-refractivity contribution in [2.75, 3.05) is 13.1 Å². The van der Waals surface area contributed by atoms with Gasteiger partial charge in [-0.2, -0.15) is 7.05 Å². The molecule has 2 heteroatoms. The normalized spacial score (nSPS) is 27.0. The van der Waals surface area contributed by atoms with Crippen molar-refractivity contribution in [3.05, 3.63) is 7.05 Å². The third kappa shape index (κ3) is 8.02. The lowest BCUT2D eigenvalue weighted by Crippen LogP contribution is -3.08. The molecule has 2 nitrogen and oxygen atoms in total. The van der Waals surface area contributed by atoms with Gasteiger partial charge in [0.05, 0.1) is 19.2 Å². The quantitative estimate of drug-likeness (QED) is 0.532. The molecule has 12 heavy (non-hydrogen) atoms. The van der Waals surface area contributed by atoms with E-state index in [0.29, 0.717) is 0 Å². The topological polar surface area (TPSA) is 24.7 Å². The highest BCUT2D eigenvalue weighted by atomic mass is 16.3. The van der Waals surface area contributed by atoms with Gasteiger partial charge in [-0.25, -0.2) is 0 Å².